The lowest BCUT2D eigenvalue weighted by Gasteiger charge is -2.32. The number of likely N-dealkylation sites (tertiary alicyclic amines) is 1. The molecule has 1 aliphatic carbocycles. The Morgan fingerprint density at radius 1 is 1.10 bits per heavy atom. The van der Waals surface area contributed by atoms with E-state index in [1.807, 2.05) is 0 Å². The molecule has 162 valence electrons. The topological polar surface area (TPSA) is 118 Å². The molecular formula is C14H12F6N2O6S. The van der Waals surface area contributed by atoms with Gasteiger partial charge in [0.1, 0.15) is 0 Å². The lowest BCUT2D eigenvalue weighted by molar-refractivity contribution is -0.384. The molecule has 0 radical (unpaired) electrons. The van der Waals surface area contributed by atoms with Crippen LogP contribution in [-0.4, -0.2) is 53.5 Å². The highest BCUT2D eigenvalue weighted by Gasteiger charge is 2.48. The van der Waals surface area contributed by atoms with E-state index in [1.54, 1.807) is 6.07 Å². The van der Waals surface area contributed by atoms with E-state index in [4.69, 9.17) is 13.0 Å². The molecule has 1 heterocycles. The van der Waals surface area contributed by atoms with E-state index in [1.165, 1.54) is 12.1 Å². The Kier molecular flexibility index (Phi) is 5.87. The van der Waals surface area contributed by atoms with Crippen LogP contribution in [0.3, 0.4) is 0 Å². The zero-order chi connectivity index (χ0) is 22.4. The van der Waals surface area contributed by atoms with E-state index in [2.05, 4.69) is 0 Å². The van der Waals surface area contributed by atoms with Crippen molar-refractivity contribution >= 4 is 21.7 Å². The van der Waals surface area contributed by atoms with Crippen LogP contribution in [-0.2, 0) is 14.9 Å². The summed E-state index contributed by atoms with van der Waals surface area (Å²) >= 11 is 0. The first-order valence-electron chi connectivity index (χ1n) is 7.70. The molecule has 2 aliphatic rings. The largest absolute Gasteiger partial charge is 0.522 e. The summed E-state index contributed by atoms with van der Waals surface area (Å²) in [7, 11) is -5.84. The van der Waals surface area contributed by atoms with Crippen molar-refractivity contribution in [2.45, 2.75) is 29.9 Å². The number of rotatable bonds is 1. The van der Waals surface area contributed by atoms with Crippen molar-refractivity contribution < 1.29 is 49.0 Å². The minimum Gasteiger partial charge on any atom is -0.334 e. The Hall–Kier alpha value is -2.42. The number of piperidine rings is 1. The Balaban J connectivity index is 0.000000321. The maximum atomic E-state index is 12.5. The molecule has 0 saturated carbocycles. The number of carbonyl (C=O) groups is 1. The molecule has 1 aromatic rings. The van der Waals surface area contributed by atoms with Gasteiger partial charge in [-0.05, 0) is 17.5 Å². The number of nitrogens with zero attached hydrogens (tertiary/aromatic N) is 2. The number of alkyl halides is 6. The van der Waals surface area contributed by atoms with Gasteiger partial charge in [-0.1, -0.05) is 6.07 Å². The molecule has 1 aliphatic heterocycles. The average Bonchev–Trinajstić information content (AvgIpc) is 2.82. The summed E-state index contributed by atoms with van der Waals surface area (Å²) in [6, 6.07) is 4.37. The molecule has 29 heavy (non-hydrogen) atoms. The van der Waals surface area contributed by atoms with Crippen LogP contribution in [0.1, 0.15) is 29.4 Å². The number of nitro benzene ring substituents is 1. The fourth-order valence-corrected chi connectivity index (χ4v) is 3.30. The van der Waals surface area contributed by atoms with Crippen molar-refractivity contribution in [3.05, 3.63) is 39.4 Å². The second-order valence-corrected chi connectivity index (χ2v) is 7.74. The number of benzene rings is 1. The van der Waals surface area contributed by atoms with Crippen LogP contribution < -0.4 is 0 Å². The predicted octanol–water partition coefficient (Wildman–Crippen LogP) is 2.96. The van der Waals surface area contributed by atoms with Crippen LogP contribution in [0.25, 0.3) is 0 Å². The highest BCUT2D eigenvalue weighted by molar-refractivity contribution is 7.86. The van der Waals surface area contributed by atoms with E-state index in [0.717, 1.165) is 10.5 Å². The Labute approximate surface area is 159 Å². The number of halogens is 6. The molecule has 0 spiro atoms. The number of amides is 1. The lowest BCUT2D eigenvalue weighted by atomic mass is 9.95. The zero-order valence-corrected chi connectivity index (χ0v) is 14.9. The Bertz CT molecular complexity index is 930. The van der Waals surface area contributed by atoms with E-state index in [9.17, 15) is 41.3 Å². The third kappa shape index (κ3) is 4.95. The summed E-state index contributed by atoms with van der Waals surface area (Å²) in [4.78, 5) is 22.4. The van der Waals surface area contributed by atoms with Gasteiger partial charge in [-0.3, -0.25) is 19.5 Å². The number of hydrogen-bond donors (Lipinski definition) is 1. The smallest absolute Gasteiger partial charge is 0.334 e. The summed E-state index contributed by atoms with van der Waals surface area (Å²) in [5.74, 6) is -2.27. The first-order valence-corrected chi connectivity index (χ1v) is 9.14. The van der Waals surface area contributed by atoms with Gasteiger partial charge in [0.15, 0.2) is 0 Å². The van der Waals surface area contributed by atoms with Crippen LogP contribution in [0, 0.1) is 10.1 Å². The zero-order valence-electron chi connectivity index (χ0n) is 14.1. The number of carbonyl (C=O) groups excluding carboxylic acids is 1. The van der Waals surface area contributed by atoms with Gasteiger partial charge < -0.3 is 4.90 Å². The minimum absolute atomic E-state index is 0.0135. The van der Waals surface area contributed by atoms with Gasteiger partial charge in [0.25, 0.3) is 5.69 Å². The van der Waals surface area contributed by atoms with Gasteiger partial charge in [-0.25, -0.2) is 0 Å². The first-order chi connectivity index (χ1) is 13.0. The van der Waals surface area contributed by atoms with E-state index in [0.29, 0.717) is 12.0 Å². The fraction of sp³-hybridized carbons (Fsp3) is 0.500. The molecular weight excluding hydrogens is 438 g/mol. The molecule has 1 amide bonds. The first kappa shape index (κ1) is 22.9. The standard InChI is InChI=1S/C13H11F3N2O3.CHF3O3S/c14-13(15,16)12(19)17-5-7-3-8(6-17)11-4-9(18(20)21)1-2-10(7)11;2-1(3,4)8(5,6)7/h1-2,4,7-8H,3,5-6H2;(H,5,6,7). The molecule has 1 N–H and O–H groups in total. The summed E-state index contributed by atoms with van der Waals surface area (Å²) in [5, 5.41) is 10.8. The van der Waals surface area contributed by atoms with Gasteiger partial charge in [-0.15, -0.1) is 0 Å². The molecule has 1 saturated heterocycles. The number of nitro groups is 1. The quantitative estimate of drug-likeness (QED) is 0.231. The highest BCUT2D eigenvalue weighted by Crippen LogP contribution is 2.47. The molecule has 8 nitrogen and oxygen atoms in total. The van der Waals surface area contributed by atoms with Crippen molar-refractivity contribution in [3.8, 4) is 0 Å². The summed E-state index contributed by atoms with van der Waals surface area (Å²) in [6.45, 7) is -0.0251. The van der Waals surface area contributed by atoms with Gasteiger partial charge >= 0.3 is 27.7 Å². The number of fused-ring (bicyclic) bond motifs is 5. The molecule has 15 heteroatoms. The average molecular weight is 450 g/mol. The van der Waals surface area contributed by atoms with Crippen molar-refractivity contribution in [3.63, 3.8) is 0 Å². The normalized spacial score (nSPS) is 21.1. The SMILES string of the molecule is O=C(N1CC2CC(C1)c1cc([N+](=O)[O-])ccc12)C(F)(F)F.O=S(=O)(O)C(F)(F)F. The molecule has 2 unspecified atom stereocenters. The molecule has 0 aromatic heterocycles. The molecule has 2 atom stereocenters. The van der Waals surface area contributed by atoms with Crippen LogP contribution in [0.2, 0.25) is 0 Å². The third-order valence-corrected chi connectivity index (χ3v) is 5.02. The summed E-state index contributed by atoms with van der Waals surface area (Å²) in [5.41, 5.74) is -4.09. The number of hydrogen-bond acceptors (Lipinski definition) is 5. The Morgan fingerprint density at radius 2 is 1.59 bits per heavy atom. The molecule has 1 aromatic carbocycles. The van der Waals surface area contributed by atoms with Crippen LogP contribution in [0.4, 0.5) is 32.0 Å². The third-order valence-electron chi connectivity index (χ3n) is 4.43. The van der Waals surface area contributed by atoms with Crippen LogP contribution in [0.5, 0.6) is 0 Å². The fourth-order valence-electron chi connectivity index (χ4n) is 3.30. The van der Waals surface area contributed by atoms with Crippen molar-refractivity contribution in [2.75, 3.05) is 13.1 Å². The van der Waals surface area contributed by atoms with Crippen LogP contribution >= 0.6 is 0 Å². The van der Waals surface area contributed by atoms with Gasteiger partial charge in [0.2, 0.25) is 0 Å². The second-order valence-electron chi connectivity index (χ2n) is 6.33. The Morgan fingerprint density at radius 3 is 2.00 bits per heavy atom. The van der Waals surface area contributed by atoms with Crippen molar-refractivity contribution in [1.29, 1.82) is 0 Å². The van der Waals surface area contributed by atoms with Gasteiger partial charge in [0, 0.05) is 37.1 Å². The minimum atomic E-state index is -5.84. The van der Waals surface area contributed by atoms with E-state index < -0.39 is 32.6 Å². The van der Waals surface area contributed by atoms with Gasteiger partial charge in [0.05, 0.1) is 4.92 Å². The number of non-ortho nitro benzene ring substituents is 1. The van der Waals surface area contributed by atoms with Crippen LogP contribution in [0.15, 0.2) is 18.2 Å². The van der Waals surface area contributed by atoms with Crippen molar-refractivity contribution in [2.24, 2.45) is 0 Å². The highest BCUT2D eigenvalue weighted by atomic mass is 32.2. The molecule has 3 rings (SSSR count). The van der Waals surface area contributed by atoms with E-state index >= 15 is 0 Å². The van der Waals surface area contributed by atoms with Gasteiger partial charge in [-0.2, -0.15) is 34.8 Å². The van der Waals surface area contributed by atoms with E-state index in [-0.39, 0.29) is 30.6 Å². The second kappa shape index (κ2) is 7.44. The maximum absolute atomic E-state index is 12.5. The van der Waals surface area contributed by atoms with Crippen molar-refractivity contribution in [1.82, 2.24) is 4.90 Å². The maximum Gasteiger partial charge on any atom is 0.522 e. The summed E-state index contributed by atoms with van der Waals surface area (Å²) < 4.78 is 95.1. The predicted molar refractivity (Wildman–Crippen MR) is 83.4 cm³/mol. The molecule has 2 bridgehead atoms. The monoisotopic (exact) mass is 450 g/mol. The molecule has 1 fully saturated rings. The lowest BCUT2D eigenvalue weighted by Crippen LogP contribution is -2.46. The summed E-state index contributed by atoms with van der Waals surface area (Å²) in [6.07, 6.45) is -4.24.